The van der Waals surface area contributed by atoms with E-state index in [4.69, 9.17) is 0 Å². The highest BCUT2D eigenvalue weighted by Gasteiger charge is 2.08. The van der Waals surface area contributed by atoms with Gasteiger partial charge in [-0.25, -0.2) is 9.37 Å². The van der Waals surface area contributed by atoms with Crippen LogP contribution >= 0.6 is 0 Å². The molecule has 0 aliphatic carbocycles. The molecule has 134 valence electrons. The zero-order valence-corrected chi connectivity index (χ0v) is 15.0. The maximum absolute atomic E-state index is 12.9. The molecule has 0 aliphatic rings. The second-order valence-corrected chi connectivity index (χ2v) is 6.30. The summed E-state index contributed by atoms with van der Waals surface area (Å²) < 4.78 is 12.9. The maximum atomic E-state index is 12.9. The molecule has 0 spiro atoms. The average Bonchev–Trinajstić information content (AvgIpc) is 2.64. The predicted octanol–water partition coefficient (Wildman–Crippen LogP) is 4.75. The third-order valence-electron chi connectivity index (χ3n) is 4.13. The zero-order valence-electron chi connectivity index (χ0n) is 15.0. The van der Waals surface area contributed by atoms with Gasteiger partial charge in [0, 0.05) is 24.3 Å². The van der Waals surface area contributed by atoms with Crippen molar-refractivity contribution in [2.45, 2.75) is 26.3 Å². The van der Waals surface area contributed by atoms with Crippen LogP contribution in [0.4, 0.5) is 16.2 Å². The first-order valence-corrected chi connectivity index (χ1v) is 8.75. The van der Waals surface area contributed by atoms with Crippen molar-refractivity contribution in [1.29, 1.82) is 0 Å². The van der Waals surface area contributed by atoms with Crippen molar-refractivity contribution >= 4 is 11.8 Å². The number of anilines is 2. The Bertz CT molecular complexity index is 834. The van der Waals surface area contributed by atoms with Crippen LogP contribution in [0.5, 0.6) is 0 Å². The molecule has 1 heterocycles. The Morgan fingerprint density at radius 2 is 1.73 bits per heavy atom. The summed E-state index contributed by atoms with van der Waals surface area (Å²) >= 11 is 0. The Kier molecular flexibility index (Phi) is 5.79. The molecule has 3 rings (SSSR count). The first kappa shape index (κ1) is 17.9. The summed E-state index contributed by atoms with van der Waals surface area (Å²) in [5.74, 6) is 1.17. The Morgan fingerprint density at radius 1 is 1.00 bits per heavy atom. The number of nitrogens with zero attached hydrogens (tertiary/aromatic N) is 2. The van der Waals surface area contributed by atoms with Crippen molar-refractivity contribution in [2.75, 3.05) is 17.2 Å². The second kappa shape index (κ2) is 8.43. The van der Waals surface area contributed by atoms with Crippen molar-refractivity contribution in [3.63, 3.8) is 0 Å². The highest BCUT2D eigenvalue weighted by molar-refractivity contribution is 5.44. The van der Waals surface area contributed by atoms with Crippen LogP contribution in [0.1, 0.15) is 29.8 Å². The Hall–Kier alpha value is -2.95. The van der Waals surface area contributed by atoms with Crippen LogP contribution in [0.3, 0.4) is 0 Å². The van der Waals surface area contributed by atoms with E-state index in [1.54, 1.807) is 12.1 Å². The van der Waals surface area contributed by atoms with Gasteiger partial charge >= 0.3 is 0 Å². The number of benzene rings is 2. The van der Waals surface area contributed by atoms with Gasteiger partial charge in [0.15, 0.2) is 0 Å². The van der Waals surface area contributed by atoms with Crippen LogP contribution in [0.2, 0.25) is 0 Å². The summed E-state index contributed by atoms with van der Waals surface area (Å²) in [4.78, 5) is 8.99. The van der Waals surface area contributed by atoms with E-state index in [2.05, 4.69) is 39.7 Å². The van der Waals surface area contributed by atoms with E-state index in [0.29, 0.717) is 12.5 Å². The van der Waals surface area contributed by atoms with Gasteiger partial charge in [0.05, 0.1) is 0 Å². The number of aromatic nitrogens is 2. The molecule has 5 heteroatoms. The number of aryl methyl sites for hydroxylation is 1. The summed E-state index contributed by atoms with van der Waals surface area (Å²) in [6, 6.07) is 18.9. The van der Waals surface area contributed by atoms with Gasteiger partial charge in [-0.05, 0) is 43.5 Å². The van der Waals surface area contributed by atoms with Crippen LogP contribution in [0.15, 0.2) is 60.7 Å². The van der Waals surface area contributed by atoms with Crippen molar-refractivity contribution in [1.82, 2.24) is 9.97 Å². The monoisotopic (exact) mass is 350 g/mol. The smallest absolute Gasteiger partial charge is 0.224 e. The summed E-state index contributed by atoms with van der Waals surface area (Å²) in [6.45, 7) is 4.74. The molecule has 0 saturated heterocycles. The summed E-state index contributed by atoms with van der Waals surface area (Å²) in [7, 11) is 0. The van der Waals surface area contributed by atoms with Crippen LogP contribution in [-0.2, 0) is 6.42 Å². The Labute approximate surface area is 153 Å². The first-order chi connectivity index (χ1) is 12.6. The van der Waals surface area contributed by atoms with Crippen LogP contribution in [-0.4, -0.2) is 16.5 Å². The van der Waals surface area contributed by atoms with Gasteiger partial charge in [-0.2, -0.15) is 4.98 Å². The predicted molar refractivity (Wildman–Crippen MR) is 104 cm³/mol. The molecule has 0 aliphatic heterocycles. The fourth-order valence-electron chi connectivity index (χ4n) is 2.74. The van der Waals surface area contributed by atoms with Gasteiger partial charge < -0.3 is 10.6 Å². The molecule has 1 aromatic heterocycles. The van der Waals surface area contributed by atoms with E-state index in [0.717, 1.165) is 23.5 Å². The molecular weight excluding hydrogens is 327 g/mol. The molecule has 3 aromatic rings. The Balaban J connectivity index is 1.61. The maximum Gasteiger partial charge on any atom is 0.224 e. The molecule has 0 saturated carbocycles. The number of nitrogens with one attached hydrogen (secondary N) is 2. The number of halogens is 1. The lowest BCUT2D eigenvalue weighted by molar-refractivity contribution is 0.627. The fourth-order valence-corrected chi connectivity index (χ4v) is 2.74. The minimum Gasteiger partial charge on any atom is -0.363 e. The second-order valence-electron chi connectivity index (χ2n) is 6.30. The minimum atomic E-state index is -0.216. The van der Waals surface area contributed by atoms with E-state index >= 15 is 0 Å². The summed E-state index contributed by atoms with van der Waals surface area (Å²) in [6.07, 6.45) is 0.779. The number of hydrogen-bond donors (Lipinski definition) is 2. The first-order valence-electron chi connectivity index (χ1n) is 8.75. The molecule has 0 radical (unpaired) electrons. The summed E-state index contributed by atoms with van der Waals surface area (Å²) in [5, 5.41) is 6.67. The highest BCUT2D eigenvalue weighted by Crippen LogP contribution is 2.19. The normalized spacial score (nSPS) is 11.8. The van der Waals surface area contributed by atoms with Gasteiger partial charge in [0.25, 0.3) is 0 Å². The quantitative estimate of drug-likeness (QED) is 0.645. The molecule has 0 bridgehead atoms. The molecule has 0 fully saturated rings. The fraction of sp³-hybridized carbons (Fsp3) is 0.238. The van der Waals surface area contributed by atoms with E-state index < -0.39 is 0 Å². The van der Waals surface area contributed by atoms with Crippen molar-refractivity contribution in [3.8, 4) is 0 Å². The molecular formula is C21H23FN4. The molecule has 2 aromatic carbocycles. The van der Waals surface area contributed by atoms with Gasteiger partial charge in [-0.15, -0.1) is 0 Å². The van der Waals surface area contributed by atoms with Crippen LogP contribution < -0.4 is 10.6 Å². The molecule has 0 amide bonds. The van der Waals surface area contributed by atoms with Gasteiger partial charge in [-0.3, -0.25) is 0 Å². The largest absolute Gasteiger partial charge is 0.363 e. The van der Waals surface area contributed by atoms with E-state index in [-0.39, 0.29) is 11.9 Å². The third-order valence-corrected chi connectivity index (χ3v) is 4.13. The van der Waals surface area contributed by atoms with E-state index in [1.807, 2.05) is 31.2 Å². The highest BCUT2D eigenvalue weighted by atomic mass is 19.1. The lowest BCUT2D eigenvalue weighted by atomic mass is 10.1. The zero-order chi connectivity index (χ0) is 18.4. The van der Waals surface area contributed by atoms with Gasteiger partial charge in [0.1, 0.15) is 11.6 Å². The summed E-state index contributed by atoms with van der Waals surface area (Å²) in [5.41, 5.74) is 3.17. The molecule has 4 nitrogen and oxygen atoms in total. The van der Waals surface area contributed by atoms with Crippen LogP contribution in [0.25, 0.3) is 0 Å². The molecule has 2 N–H and O–H groups in total. The Morgan fingerprint density at radius 3 is 2.46 bits per heavy atom. The topological polar surface area (TPSA) is 49.8 Å². The van der Waals surface area contributed by atoms with Crippen LogP contribution in [0, 0.1) is 12.7 Å². The van der Waals surface area contributed by atoms with Crippen molar-refractivity contribution in [3.05, 3.63) is 83.3 Å². The molecule has 26 heavy (non-hydrogen) atoms. The minimum absolute atomic E-state index is 0.151. The van der Waals surface area contributed by atoms with Gasteiger partial charge in [0.2, 0.25) is 5.95 Å². The number of rotatable bonds is 7. The van der Waals surface area contributed by atoms with Crippen molar-refractivity contribution in [2.24, 2.45) is 0 Å². The molecule has 1 atom stereocenters. The average molecular weight is 350 g/mol. The lowest BCUT2D eigenvalue weighted by Gasteiger charge is -2.16. The van der Waals surface area contributed by atoms with E-state index in [1.165, 1.54) is 17.7 Å². The lowest BCUT2D eigenvalue weighted by Crippen LogP contribution is -2.12. The third kappa shape index (κ3) is 5.02. The van der Waals surface area contributed by atoms with Crippen molar-refractivity contribution < 1.29 is 4.39 Å². The molecule has 1 unspecified atom stereocenters. The standard InChI is InChI=1S/C21H23FN4/c1-15-14-20(25-16(2)18-6-4-3-5-7-18)26-21(24-15)23-13-12-17-8-10-19(22)11-9-17/h3-11,14,16H,12-13H2,1-2H3,(H2,23,24,25,26). The van der Waals surface area contributed by atoms with Gasteiger partial charge in [-0.1, -0.05) is 42.5 Å². The SMILES string of the molecule is Cc1cc(NC(C)c2ccccc2)nc(NCCc2ccc(F)cc2)n1. The number of hydrogen-bond acceptors (Lipinski definition) is 4. The van der Waals surface area contributed by atoms with E-state index in [9.17, 15) is 4.39 Å².